The van der Waals surface area contributed by atoms with Gasteiger partial charge in [-0.3, -0.25) is 9.59 Å². The molecule has 0 unspecified atom stereocenters. The first-order valence-corrected chi connectivity index (χ1v) is 5.57. The highest BCUT2D eigenvalue weighted by Crippen LogP contribution is 2.10. The van der Waals surface area contributed by atoms with Gasteiger partial charge in [0, 0.05) is 18.7 Å². The Balaban J connectivity index is 1.89. The molecule has 18 heavy (non-hydrogen) atoms. The summed E-state index contributed by atoms with van der Waals surface area (Å²) in [5.41, 5.74) is 1.92. The van der Waals surface area contributed by atoms with E-state index in [0.717, 1.165) is 5.52 Å². The van der Waals surface area contributed by atoms with Crippen LogP contribution in [0.2, 0.25) is 0 Å². The molecule has 7 heteroatoms. The summed E-state index contributed by atoms with van der Waals surface area (Å²) >= 11 is 0. The molecule has 2 rings (SSSR count). The van der Waals surface area contributed by atoms with Crippen molar-refractivity contribution in [3.05, 3.63) is 23.8 Å². The van der Waals surface area contributed by atoms with E-state index in [1.54, 1.807) is 18.2 Å². The number of hydrogen-bond acceptors (Lipinski definition) is 4. The Morgan fingerprint density at radius 3 is 2.94 bits per heavy atom. The Kier molecular flexibility index (Phi) is 3.85. The highest BCUT2D eigenvalue weighted by molar-refractivity contribution is 5.97. The number of benzene rings is 1. The van der Waals surface area contributed by atoms with Crippen molar-refractivity contribution in [1.82, 2.24) is 26.0 Å². The molecule has 0 aliphatic rings. The van der Waals surface area contributed by atoms with Crippen molar-refractivity contribution in [2.24, 2.45) is 0 Å². The number of nitrogens with zero attached hydrogens (tertiary/aromatic N) is 2. The highest BCUT2D eigenvalue weighted by Gasteiger charge is 2.07. The molecule has 0 saturated heterocycles. The summed E-state index contributed by atoms with van der Waals surface area (Å²) in [5.74, 6) is -0.161. The molecule has 0 bridgehead atoms. The quantitative estimate of drug-likeness (QED) is 0.487. The summed E-state index contributed by atoms with van der Waals surface area (Å²) in [6.45, 7) is 1.06. The fraction of sp³-hybridized carbons (Fsp3) is 0.273. The monoisotopic (exact) mass is 247 g/mol. The van der Waals surface area contributed by atoms with E-state index in [4.69, 9.17) is 0 Å². The molecule has 2 aromatic rings. The van der Waals surface area contributed by atoms with Crippen LogP contribution in [0.25, 0.3) is 11.0 Å². The Morgan fingerprint density at radius 1 is 1.28 bits per heavy atom. The fourth-order valence-corrected chi connectivity index (χ4v) is 1.53. The SMILES string of the molecule is O=CNCCCNC(=O)c1ccc2n[nH]nc2c1. The molecule has 1 heterocycles. The normalized spacial score (nSPS) is 10.2. The van der Waals surface area contributed by atoms with Crippen molar-refractivity contribution < 1.29 is 9.59 Å². The summed E-state index contributed by atoms with van der Waals surface area (Å²) in [7, 11) is 0. The van der Waals surface area contributed by atoms with Crippen LogP contribution in [0.1, 0.15) is 16.8 Å². The average Bonchev–Trinajstić information content (AvgIpc) is 2.85. The number of carbonyl (C=O) groups excluding carboxylic acids is 2. The van der Waals surface area contributed by atoms with Crippen LogP contribution in [0.15, 0.2) is 18.2 Å². The number of H-pyrrole nitrogens is 1. The van der Waals surface area contributed by atoms with Gasteiger partial charge in [-0.2, -0.15) is 15.4 Å². The molecule has 7 nitrogen and oxygen atoms in total. The van der Waals surface area contributed by atoms with Gasteiger partial charge in [-0.1, -0.05) is 0 Å². The Labute approximate surface area is 103 Å². The predicted octanol–water partition coefficient (Wildman–Crippen LogP) is -0.176. The van der Waals surface area contributed by atoms with Crippen LogP contribution in [-0.2, 0) is 4.79 Å². The van der Waals surface area contributed by atoms with E-state index >= 15 is 0 Å². The first-order valence-electron chi connectivity index (χ1n) is 5.57. The molecular weight excluding hydrogens is 234 g/mol. The molecule has 0 saturated carbocycles. The molecule has 0 radical (unpaired) electrons. The zero-order valence-corrected chi connectivity index (χ0v) is 9.64. The van der Waals surface area contributed by atoms with E-state index in [0.29, 0.717) is 37.0 Å². The minimum atomic E-state index is -0.161. The van der Waals surface area contributed by atoms with Crippen molar-refractivity contribution in [2.45, 2.75) is 6.42 Å². The maximum atomic E-state index is 11.8. The molecule has 1 aromatic carbocycles. The Bertz CT molecular complexity index is 551. The summed E-state index contributed by atoms with van der Waals surface area (Å²) in [6, 6.07) is 5.11. The molecule has 0 aliphatic heterocycles. The fourth-order valence-electron chi connectivity index (χ4n) is 1.53. The maximum Gasteiger partial charge on any atom is 0.251 e. The third kappa shape index (κ3) is 2.82. The van der Waals surface area contributed by atoms with Gasteiger partial charge in [0.05, 0.1) is 0 Å². The van der Waals surface area contributed by atoms with E-state index in [1.165, 1.54) is 0 Å². The lowest BCUT2D eigenvalue weighted by Gasteiger charge is -2.04. The van der Waals surface area contributed by atoms with E-state index in [1.807, 2.05) is 0 Å². The summed E-state index contributed by atoms with van der Waals surface area (Å²) < 4.78 is 0. The number of fused-ring (bicyclic) bond motifs is 1. The molecule has 94 valence electrons. The third-order valence-electron chi connectivity index (χ3n) is 2.45. The molecule has 3 N–H and O–H groups in total. The second-order valence-electron chi connectivity index (χ2n) is 3.71. The standard InChI is InChI=1S/C11H13N5O2/c17-7-12-4-1-5-13-11(18)8-2-3-9-10(6-8)15-16-14-9/h2-3,6-7H,1,4-5H2,(H,12,17)(H,13,18)(H,14,15,16). The van der Waals surface area contributed by atoms with Gasteiger partial charge in [-0.05, 0) is 24.6 Å². The highest BCUT2D eigenvalue weighted by atomic mass is 16.1. The maximum absolute atomic E-state index is 11.8. The molecule has 1 aromatic heterocycles. The van der Waals surface area contributed by atoms with Crippen molar-refractivity contribution in [1.29, 1.82) is 0 Å². The molecule has 0 spiro atoms. The molecule has 0 fully saturated rings. The number of aromatic amines is 1. The summed E-state index contributed by atoms with van der Waals surface area (Å²) in [5, 5.41) is 15.6. The summed E-state index contributed by atoms with van der Waals surface area (Å²) in [6.07, 6.45) is 1.33. The Morgan fingerprint density at radius 2 is 2.11 bits per heavy atom. The van der Waals surface area contributed by atoms with Crippen LogP contribution in [-0.4, -0.2) is 40.8 Å². The molecule has 0 atom stereocenters. The lowest BCUT2D eigenvalue weighted by Crippen LogP contribution is -2.27. The van der Waals surface area contributed by atoms with Crippen molar-refractivity contribution >= 4 is 23.4 Å². The van der Waals surface area contributed by atoms with E-state index in [9.17, 15) is 9.59 Å². The first kappa shape index (κ1) is 12.0. The number of aromatic nitrogens is 3. The van der Waals surface area contributed by atoms with E-state index in [-0.39, 0.29) is 5.91 Å². The van der Waals surface area contributed by atoms with E-state index < -0.39 is 0 Å². The van der Waals surface area contributed by atoms with Crippen molar-refractivity contribution in [3.8, 4) is 0 Å². The number of rotatable bonds is 6. The van der Waals surface area contributed by atoms with Crippen LogP contribution in [0, 0.1) is 0 Å². The van der Waals surface area contributed by atoms with Crippen molar-refractivity contribution in [2.75, 3.05) is 13.1 Å². The van der Waals surface area contributed by atoms with Gasteiger partial charge >= 0.3 is 0 Å². The zero-order valence-electron chi connectivity index (χ0n) is 9.64. The van der Waals surface area contributed by atoms with Crippen LogP contribution in [0.3, 0.4) is 0 Å². The average molecular weight is 247 g/mol. The third-order valence-corrected chi connectivity index (χ3v) is 2.45. The zero-order chi connectivity index (χ0) is 12.8. The second-order valence-corrected chi connectivity index (χ2v) is 3.71. The lowest BCUT2D eigenvalue weighted by atomic mass is 10.2. The summed E-state index contributed by atoms with van der Waals surface area (Å²) in [4.78, 5) is 21.8. The smallest absolute Gasteiger partial charge is 0.251 e. The van der Waals surface area contributed by atoms with Gasteiger partial charge in [0.2, 0.25) is 6.41 Å². The minimum Gasteiger partial charge on any atom is -0.359 e. The number of nitrogens with one attached hydrogen (secondary N) is 3. The van der Waals surface area contributed by atoms with Crippen molar-refractivity contribution in [3.63, 3.8) is 0 Å². The van der Waals surface area contributed by atoms with Crippen LogP contribution in [0.5, 0.6) is 0 Å². The minimum absolute atomic E-state index is 0.161. The lowest BCUT2D eigenvalue weighted by molar-refractivity contribution is -0.109. The van der Waals surface area contributed by atoms with Gasteiger partial charge < -0.3 is 10.6 Å². The van der Waals surface area contributed by atoms with Gasteiger partial charge in [0.1, 0.15) is 11.0 Å². The topological polar surface area (TPSA) is 99.8 Å². The number of carbonyl (C=O) groups is 2. The first-order chi connectivity index (χ1) is 8.81. The van der Waals surface area contributed by atoms with Gasteiger partial charge in [-0.15, -0.1) is 0 Å². The van der Waals surface area contributed by atoms with Gasteiger partial charge in [-0.25, -0.2) is 0 Å². The number of hydrogen-bond donors (Lipinski definition) is 3. The molecular formula is C11H13N5O2. The number of amides is 2. The van der Waals surface area contributed by atoms with Gasteiger partial charge in [0.25, 0.3) is 5.91 Å². The van der Waals surface area contributed by atoms with Crippen LogP contribution < -0.4 is 10.6 Å². The predicted molar refractivity (Wildman–Crippen MR) is 64.9 cm³/mol. The Hall–Kier alpha value is -2.44. The molecule has 0 aliphatic carbocycles. The van der Waals surface area contributed by atoms with E-state index in [2.05, 4.69) is 26.0 Å². The van der Waals surface area contributed by atoms with Crippen LogP contribution >= 0.6 is 0 Å². The van der Waals surface area contributed by atoms with Gasteiger partial charge in [0.15, 0.2) is 0 Å². The second kappa shape index (κ2) is 5.76. The van der Waals surface area contributed by atoms with Crippen LogP contribution in [0.4, 0.5) is 0 Å². The molecule has 2 amide bonds. The largest absolute Gasteiger partial charge is 0.359 e.